The van der Waals surface area contributed by atoms with Gasteiger partial charge in [0.1, 0.15) is 12.4 Å². The molecule has 2 rings (SSSR count). The Morgan fingerprint density at radius 3 is 2.64 bits per heavy atom. The summed E-state index contributed by atoms with van der Waals surface area (Å²) < 4.78 is 29.5. The standard InChI is InChI=1S/C20H27F2N3O2S/c1-3-25(4-2)18(16-8-9-28-14-16)12-24-20(26)23-11-15-6-5-7-17(10-15)27-13-19(21)22/h5-10,14,18-19H,3-4,11-13H2,1-2H3,(H2,23,24,26). The maximum absolute atomic E-state index is 12.2. The Hall–Kier alpha value is -2.19. The highest BCUT2D eigenvalue weighted by Crippen LogP contribution is 2.22. The van der Waals surface area contributed by atoms with Gasteiger partial charge in [-0.3, -0.25) is 4.90 Å². The first-order chi connectivity index (χ1) is 13.5. The van der Waals surface area contributed by atoms with Gasteiger partial charge in [-0.05, 0) is 53.2 Å². The number of carbonyl (C=O) groups excluding carboxylic acids is 1. The summed E-state index contributed by atoms with van der Waals surface area (Å²) in [7, 11) is 0. The van der Waals surface area contributed by atoms with E-state index in [2.05, 4.69) is 40.8 Å². The van der Waals surface area contributed by atoms with Gasteiger partial charge in [0.2, 0.25) is 0 Å². The van der Waals surface area contributed by atoms with Crippen LogP contribution >= 0.6 is 11.3 Å². The molecule has 1 unspecified atom stereocenters. The number of nitrogens with zero attached hydrogens (tertiary/aromatic N) is 1. The molecule has 8 heteroatoms. The number of thiophene rings is 1. The van der Waals surface area contributed by atoms with E-state index in [0.717, 1.165) is 18.7 Å². The van der Waals surface area contributed by atoms with Gasteiger partial charge in [-0.1, -0.05) is 26.0 Å². The molecule has 0 radical (unpaired) electrons. The number of rotatable bonds is 11. The molecule has 1 atom stereocenters. The van der Waals surface area contributed by atoms with Crippen molar-refractivity contribution in [2.75, 3.05) is 26.2 Å². The van der Waals surface area contributed by atoms with Crippen molar-refractivity contribution in [3.8, 4) is 5.75 Å². The van der Waals surface area contributed by atoms with E-state index in [9.17, 15) is 13.6 Å². The van der Waals surface area contributed by atoms with Crippen molar-refractivity contribution in [1.29, 1.82) is 0 Å². The number of likely N-dealkylation sites (N-methyl/N-ethyl adjacent to an activating group) is 1. The fourth-order valence-electron chi connectivity index (χ4n) is 2.93. The highest BCUT2D eigenvalue weighted by molar-refractivity contribution is 7.07. The average molecular weight is 412 g/mol. The lowest BCUT2D eigenvalue weighted by Crippen LogP contribution is -2.41. The third kappa shape index (κ3) is 7.09. The van der Waals surface area contributed by atoms with E-state index in [0.29, 0.717) is 12.3 Å². The van der Waals surface area contributed by atoms with Crippen molar-refractivity contribution >= 4 is 17.4 Å². The predicted octanol–water partition coefficient (Wildman–Crippen LogP) is 4.27. The minimum absolute atomic E-state index is 0.123. The summed E-state index contributed by atoms with van der Waals surface area (Å²) in [5, 5.41) is 9.87. The normalized spacial score (nSPS) is 12.2. The molecule has 2 amide bonds. The Morgan fingerprint density at radius 2 is 2.00 bits per heavy atom. The van der Waals surface area contributed by atoms with Gasteiger partial charge < -0.3 is 15.4 Å². The van der Waals surface area contributed by atoms with Crippen LogP contribution in [0.3, 0.4) is 0 Å². The first kappa shape index (κ1) is 22.1. The highest BCUT2D eigenvalue weighted by atomic mass is 32.1. The summed E-state index contributed by atoms with van der Waals surface area (Å²) >= 11 is 1.64. The van der Waals surface area contributed by atoms with Crippen LogP contribution in [0.15, 0.2) is 41.1 Å². The highest BCUT2D eigenvalue weighted by Gasteiger charge is 2.19. The van der Waals surface area contributed by atoms with Gasteiger partial charge in [0.25, 0.3) is 6.43 Å². The Labute approximate surface area is 168 Å². The Kier molecular flexibility index (Phi) is 9.16. The second-order valence-electron chi connectivity index (χ2n) is 6.21. The molecule has 5 nitrogen and oxygen atoms in total. The zero-order valence-electron chi connectivity index (χ0n) is 16.2. The van der Waals surface area contributed by atoms with E-state index in [4.69, 9.17) is 4.74 Å². The summed E-state index contributed by atoms with van der Waals surface area (Å²) in [5.74, 6) is 0.360. The molecule has 1 aromatic carbocycles. The van der Waals surface area contributed by atoms with Gasteiger partial charge in [-0.2, -0.15) is 11.3 Å². The van der Waals surface area contributed by atoms with E-state index >= 15 is 0 Å². The smallest absolute Gasteiger partial charge is 0.315 e. The zero-order valence-corrected chi connectivity index (χ0v) is 17.0. The molecule has 0 aliphatic carbocycles. The first-order valence-electron chi connectivity index (χ1n) is 9.31. The molecule has 2 aromatic rings. The van der Waals surface area contributed by atoms with Crippen LogP contribution < -0.4 is 15.4 Å². The van der Waals surface area contributed by atoms with Crippen LogP contribution in [0.1, 0.15) is 31.0 Å². The van der Waals surface area contributed by atoms with Crippen molar-refractivity contribution < 1.29 is 18.3 Å². The zero-order chi connectivity index (χ0) is 20.4. The topological polar surface area (TPSA) is 53.6 Å². The molecule has 28 heavy (non-hydrogen) atoms. The first-order valence-corrected chi connectivity index (χ1v) is 10.3. The van der Waals surface area contributed by atoms with Crippen molar-refractivity contribution in [1.82, 2.24) is 15.5 Å². The molecular weight excluding hydrogens is 384 g/mol. The molecule has 0 spiro atoms. The van der Waals surface area contributed by atoms with Crippen LogP contribution in [-0.4, -0.2) is 43.6 Å². The van der Waals surface area contributed by atoms with Gasteiger partial charge in [0.05, 0.1) is 6.04 Å². The van der Waals surface area contributed by atoms with Gasteiger partial charge in [-0.15, -0.1) is 0 Å². The van der Waals surface area contributed by atoms with Crippen LogP contribution in [0.25, 0.3) is 0 Å². The third-order valence-electron chi connectivity index (χ3n) is 4.36. The maximum Gasteiger partial charge on any atom is 0.315 e. The van der Waals surface area contributed by atoms with E-state index in [1.807, 2.05) is 5.38 Å². The van der Waals surface area contributed by atoms with Crippen LogP contribution in [-0.2, 0) is 6.54 Å². The lowest BCUT2D eigenvalue weighted by Gasteiger charge is -2.29. The van der Waals surface area contributed by atoms with Crippen LogP contribution in [0.4, 0.5) is 13.6 Å². The number of hydrogen-bond donors (Lipinski definition) is 2. The molecule has 0 fully saturated rings. The number of urea groups is 1. The number of benzene rings is 1. The fraction of sp³-hybridized carbons (Fsp3) is 0.450. The summed E-state index contributed by atoms with van der Waals surface area (Å²) in [5.41, 5.74) is 1.97. The number of carbonyl (C=O) groups is 1. The number of alkyl halides is 2. The third-order valence-corrected chi connectivity index (χ3v) is 5.07. The quantitative estimate of drug-likeness (QED) is 0.581. The number of nitrogens with one attached hydrogen (secondary N) is 2. The second-order valence-corrected chi connectivity index (χ2v) is 6.99. The van der Waals surface area contributed by atoms with Crippen molar-refractivity contribution in [3.63, 3.8) is 0 Å². The summed E-state index contributed by atoms with van der Waals surface area (Å²) in [4.78, 5) is 14.5. The Morgan fingerprint density at radius 1 is 1.21 bits per heavy atom. The molecule has 0 saturated carbocycles. The van der Waals surface area contributed by atoms with Crippen LogP contribution in [0.5, 0.6) is 5.75 Å². The molecule has 1 aromatic heterocycles. The number of hydrogen-bond acceptors (Lipinski definition) is 4. The summed E-state index contributed by atoms with van der Waals surface area (Å²) in [6.07, 6.45) is -2.52. The minimum Gasteiger partial charge on any atom is -0.488 e. The molecule has 0 saturated heterocycles. The van der Waals surface area contributed by atoms with Gasteiger partial charge in [-0.25, -0.2) is 13.6 Å². The van der Waals surface area contributed by atoms with Gasteiger partial charge in [0, 0.05) is 13.1 Å². The predicted molar refractivity (Wildman–Crippen MR) is 108 cm³/mol. The minimum atomic E-state index is -2.52. The number of halogens is 2. The van der Waals surface area contributed by atoms with Gasteiger partial charge >= 0.3 is 6.03 Å². The molecule has 0 aliphatic heterocycles. The molecular formula is C20H27F2N3O2S. The summed E-state index contributed by atoms with van der Waals surface area (Å²) in [6.45, 7) is 6.14. The SMILES string of the molecule is CCN(CC)C(CNC(=O)NCc1cccc(OCC(F)F)c1)c1ccsc1. The van der Waals surface area contributed by atoms with Crippen molar-refractivity contribution in [2.45, 2.75) is 32.9 Å². The lowest BCUT2D eigenvalue weighted by molar-refractivity contribution is 0.0818. The van der Waals surface area contributed by atoms with Crippen molar-refractivity contribution in [2.24, 2.45) is 0 Å². The van der Waals surface area contributed by atoms with Crippen molar-refractivity contribution in [3.05, 3.63) is 52.2 Å². The molecule has 154 valence electrons. The summed E-state index contributed by atoms with van der Waals surface area (Å²) in [6, 6.07) is 8.71. The van der Waals surface area contributed by atoms with Crippen LogP contribution in [0.2, 0.25) is 0 Å². The van der Waals surface area contributed by atoms with E-state index in [1.165, 1.54) is 5.56 Å². The van der Waals surface area contributed by atoms with E-state index < -0.39 is 13.0 Å². The van der Waals surface area contributed by atoms with Gasteiger partial charge in [0.15, 0.2) is 0 Å². The maximum atomic E-state index is 12.2. The largest absolute Gasteiger partial charge is 0.488 e. The molecule has 2 N–H and O–H groups in total. The molecule has 0 aliphatic rings. The molecule has 0 bridgehead atoms. The number of amides is 2. The average Bonchev–Trinajstić information content (AvgIpc) is 3.22. The monoisotopic (exact) mass is 411 g/mol. The lowest BCUT2D eigenvalue weighted by atomic mass is 10.1. The fourth-order valence-corrected chi connectivity index (χ4v) is 3.63. The van der Waals surface area contributed by atoms with E-state index in [-0.39, 0.29) is 18.6 Å². The van der Waals surface area contributed by atoms with E-state index in [1.54, 1.807) is 35.6 Å². The van der Waals surface area contributed by atoms with Crippen LogP contribution in [0, 0.1) is 0 Å². The Balaban J connectivity index is 1.85. The second kappa shape index (κ2) is 11.6. The molecule has 1 heterocycles. The Bertz CT molecular complexity index is 709. The number of ether oxygens (including phenoxy) is 1.